The Morgan fingerprint density at radius 1 is 1.56 bits per heavy atom. The fourth-order valence-corrected chi connectivity index (χ4v) is 2.74. The molecule has 7 heteroatoms. The van der Waals surface area contributed by atoms with Gasteiger partial charge in [-0.1, -0.05) is 0 Å². The molecule has 0 aromatic carbocycles. The predicted molar refractivity (Wildman–Crippen MR) is 61.8 cm³/mol. The van der Waals surface area contributed by atoms with E-state index in [9.17, 15) is 8.42 Å². The van der Waals surface area contributed by atoms with Crippen LogP contribution in [0.2, 0.25) is 0 Å². The molecule has 6 nitrogen and oxygen atoms in total. The van der Waals surface area contributed by atoms with Gasteiger partial charge < -0.3 is 4.90 Å². The Hall–Kier alpha value is -1.08. The molecule has 0 spiro atoms. The lowest BCUT2D eigenvalue weighted by Crippen LogP contribution is -2.36. The van der Waals surface area contributed by atoms with Crippen LogP contribution in [-0.2, 0) is 17.1 Å². The number of hydrogen-bond acceptors (Lipinski definition) is 4. The summed E-state index contributed by atoms with van der Waals surface area (Å²) in [6.07, 6.45) is 3.90. The largest absolute Gasteiger partial charge is 0.353 e. The zero-order valence-electron chi connectivity index (χ0n) is 9.42. The number of anilines is 1. The van der Waals surface area contributed by atoms with Crippen LogP contribution in [0.1, 0.15) is 6.42 Å². The van der Waals surface area contributed by atoms with E-state index in [0.29, 0.717) is 6.54 Å². The van der Waals surface area contributed by atoms with Crippen LogP contribution in [0.3, 0.4) is 0 Å². The molecule has 1 aromatic heterocycles. The highest BCUT2D eigenvalue weighted by molar-refractivity contribution is 7.88. The van der Waals surface area contributed by atoms with Crippen molar-refractivity contribution in [2.75, 3.05) is 24.2 Å². The Morgan fingerprint density at radius 2 is 2.31 bits per heavy atom. The summed E-state index contributed by atoms with van der Waals surface area (Å²) in [5, 5.41) is 4.29. The third-order valence-corrected chi connectivity index (χ3v) is 3.35. The molecule has 2 heterocycles. The van der Waals surface area contributed by atoms with E-state index in [0.717, 1.165) is 18.8 Å². The first-order valence-electron chi connectivity index (χ1n) is 5.16. The molecular weight excluding hydrogens is 228 g/mol. The summed E-state index contributed by atoms with van der Waals surface area (Å²) in [5.41, 5.74) is 0. The zero-order chi connectivity index (χ0) is 11.8. The van der Waals surface area contributed by atoms with E-state index in [1.54, 1.807) is 4.68 Å². The van der Waals surface area contributed by atoms with E-state index in [1.165, 1.54) is 6.26 Å². The highest BCUT2D eigenvalue weighted by Gasteiger charge is 2.25. The summed E-state index contributed by atoms with van der Waals surface area (Å²) in [4.78, 5) is 2.09. The van der Waals surface area contributed by atoms with Gasteiger partial charge in [0.2, 0.25) is 10.0 Å². The van der Waals surface area contributed by atoms with E-state index in [1.807, 2.05) is 19.3 Å². The number of sulfonamides is 1. The van der Waals surface area contributed by atoms with Crippen LogP contribution in [0.5, 0.6) is 0 Å². The minimum atomic E-state index is -3.11. The molecule has 1 aliphatic heterocycles. The van der Waals surface area contributed by atoms with E-state index >= 15 is 0 Å². The van der Waals surface area contributed by atoms with Gasteiger partial charge in [0.15, 0.2) is 5.82 Å². The van der Waals surface area contributed by atoms with Gasteiger partial charge in [-0.2, -0.15) is 5.10 Å². The summed E-state index contributed by atoms with van der Waals surface area (Å²) < 4.78 is 26.5. The van der Waals surface area contributed by atoms with Gasteiger partial charge in [0.1, 0.15) is 0 Å². The summed E-state index contributed by atoms with van der Waals surface area (Å²) in [5.74, 6) is 0.903. The van der Waals surface area contributed by atoms with E-state index in [4.69, 9.17) is 0 Å². The monoisotopic (exact) mass is 244 g/mol. The summed E-state index contributed by atoms with van der Waals surface area (Å²) in [7, 11) is -1.24. The normalized spacial score (nSPS) is 21.6. The van der Waals surface area contributed by atoms with Crippen LogP contribution < -0.4 is 9.62 Å². The number of hydrogen-bond donors (Lipinski definition) is 1. The molecule has 1 fully saturated rings. The molecule has 16 heavy (non-hydrogen) atoms. The molecule has 1 N–H and O–H groups in total. The molecule has 1 atom stereocenters. The molecule has 2 rings (SSSR count). The minimum absolute atomic E-state index is 0.00277. The average Bonchev–Trinajstić information content (AvgIpc) is 2.71. The molecule has 1 saturated heterocycles. The number of rotatable bonds is 3. The van der Waals surface area contributed by atoms with Crippen LogP contribution >= 0.6 is 0 Å². The number of aromatic nitrogens is 2. The standard InChI is InChI=1S/C9H16N4O2S/c1-12-5-4-9(10-12)13-6-3-8(7-13)11-16(2,14)15/h4-5,8,11H,3,6-7H2,1-2H3. The van der Waals surface area contributed by atoms with Crippen LogP contribution in [0, 0.1) is 0 Å². The smallest absolute Gasteiger partial charge is 0.209 e. The van der Waals surface area contributed by atoms with Crippen LogP contribution in [-0.4, -0.2) is 43.6 Å². The summed E-state index contributed by atoms with van der Waals surface area (Å²) in [6.45, 7) is 1.52. The summed E-state index contributed by atoms with van der Waals surface area (Å²) >= 11 is 0. The Kier molecular flexibility index (Phi) is 2.90. The average molecular weight is 244 g/mol. The van der Waals surface area contributed by atoms with Crippen LogP contribution in [0.25, 0.3) is 0 Å². The lowest BCUT2D eigenvalue weighted by molar-refractivity contribution is 0.567. The van der Waals surface area contributed by atoms with Crippen molar-refractivity contribution >= 4 is 15.8 Å². The van der Waals surface area contributed by atoms with Gasteiger partial charge in [-0.05, 0) is 6.42 Å². The quantitative estimate of drug-likeness (QED) is 0.782. The predicted octanol–water partition coefficient (Wildman–Crippen LogP) is -0.452. The first-order valence-corrected chi connectivity index (χ1v) is 7.05. The van der Waals surface area contributed by atoms with E-state index in [-0.39, 0.29) is 6.04 Å². The van der Waals surface area contributed by atoms with Gasteiger partial charge in [-0.15, -0.1) is 0 Å². The van der Waals surface area contributed by atoms with Gasteiger partial charge >= 0.3 is 0 Å². The third-order valence-electron chi connectivity index (χ3n) is 2.59. The molecule has 0 radical (unpaired) electrons. The number of nitrogens with one attached hydrogen (secondary N) is 1. The second-order valence-corrected chi connectivity index (χ2v) is 5.95. The van der Waals surface area contributed by atoms with Gasteiger partial charge in [0.05, 0.1) is 6.26 Å². The molecule has 1 unspecified atom stereocenters. The van der Waals surface area contributed by atoms with Gasteiger partial charge in [0, 0.05) is 38.4 Å². The van der Waals surface area contributed by atoms with Crippen molar-refractivity contribution in [2.45, 2.75) is 12.5 Å². The van der Waals surface area contributed by atoms with E-state index < -0.39 is 10.0 Å². The van der Waals surface area contributed by atoms with Crippen molar-refractivity contribution in [1.82, 2.24) is 14.5 Å². The molecule has 90 valence electrons. The lowest BCUT2D eigenvalue weighted by atomic mass is 10.3. The van der Waals surface area contributed by atoms with Crippen molar-refractivity contribution in [1.29, 1.82) is 0 Å². The molecule has 0 amide bonds. The molecule has 0 bridgehead atoms. The highest BCUT2D eigenvalue weighted by atomic mass is 32.2. The fraction of sp³-hybridized carbons (Fsp3) is 0.667. The topological polar surface area (TPSA) is 67.2 Å². The number of aryl methyl sites for hydroxylation is 1. The lowest BCUT2D eigenvalue weighted by Gasteiger charge is -2.15. The Bertz CT molecular complexity index is 468. The molecule has 0 aliphatic carbocycles. The van der Waals surface area contributed by atoms with Gasteiger partial charge in [-0.25, -0.2) is 13.1 Å². The van der Waals surface area contributed by atoms with Crippen molar-refractivity contribution in [3.05, 3.63) is 12.3 Å². The maximum absolute atomic E-state index is 11.1. The van der Waals surface area contributed by atoms with Gasteiger partial charge in [-0.3, -0.25) is 4.68 Å². The Morgan fingerprint density at radius 3 is 2.88 bits per heavy atom. The Labute approximate surface area is 95.3 Å². The molecular formula is C9H16N4O2S. The van der Waals surface area contributed by atoms with Crippen LogP contribution in [0.4, 0.5) is 5.82 Å². The zero-order valence-corrected chi connectivity index (χ0v) is 10.2. The highest BCUT2D eigenvalue weighted by Crippen LogP contribution is 2.17. The second kappa shape index (κ2) is 4.06. The molecule has 1 aromatic rings. The van der Waals surface area contributed by atoms with Crippen molar-refractivity contribution in [3.8, 4) is 0 Å². The fourth-order valence-electron chi connectivity index (χ4n) is 1.94. The van der Waals surface area contributed by atoms with Crippen LogP contribution in [0.15, 0.2) is 12.3 Å². The van der Waals surface area contributed by atoms with Crippen molar-refractivity contribution in [3.63, 3.8) is 0 Å². The molecule has 0 saturated carbocycles. The first kappa shape index (κ1) is 11.4. The van der Waals surface area contributed by atoms with E-state index in [2.05, 4.69) is 14.7 Å². The first-order chi connectivity index (χ1) is 7.44. The summed E-state index contributed by atoms with van der Waals surface area (Å²) in [6, 6.07) is 1.93. The third kappa shape index (κ3) is 2.73. The number of nitrogens with zero attached hydrogens (tertiary/aromatic N) is 3. The van der Waals surface area contributed by atoms with Crippen molar-refractivity contribution < 1.29 is 8.42 Å². The van der Waals surface area contributed by atoms with Gasteiger partial charge in [0.25, 0.3) is 0 Å². The maximum atomic E-state index is 11.1. The Balaban J connectivity index is 1.98. The SMILES string of the molecule is Cn1ccc(N2CCC(NS(C)(=O)=O)C2)n1. The minimum Gasteiger partial charge on any atom is -0.353 e. The maximum Gasteiger partial charge on any atom is 0.209 e. The second-order valence-electron chi connectivity index (χ2n) is 4.17. The van der Waals surface area contributed by atoms with Crippen molar-refractivity contribution in [2.24, 2.45) is 7.05 Å². The molecule has 1 aliphatic rings.